The third-order valence-electron chi connectivity index (χ3n) is 3.64. The van der Waals surface area contributed by atoms with Crippen LogP contribution in [-0.2, 0) is 0 Å². The third kappa shape index (κ3) is 5.29. The predicted molar refractivity (Wildman–Crippen MR) is 89.5 cm³/mol. The molecule has 0 amide bonds. The van der Waals surface area contributed by atoms with Crippen molar-refractivity contribution in [1.29, 1.82) is 0 Å². The highest BCUT2D eigenvalue weighted by Gasteiger charge is 2.19. The Bertz CT molecular complexity index is 432. The average Bonchev–Trinajstić information content (AvgIpc) is 2.42. The molecule has 1 unspecified atom stereocenters. The second-order valence-corrected chi connectivity index (χ2v) is 6.33. The molecule has 120 valence electrons. The van der Waals surface area contributed by atoms with E-state index in [4.69, 9.17) is 0 Å². The summed E-state index contributed by atoms with van der Waals surface area (Å²) in [7, 11) is 6.00. The molecule has 1 rings (SSSR count). The van der Waals surface area contributed by atoms with E-state index in [1.807, 2.05) is 27.2 Å². The monoisotopic (exact) mass is 295 g/mol. The van der Waals surface area contributed by atoms with Crippen LogP contribution in [0.4, 0.5) is 10.1 Å². The zero-order valence-corrected chi connectivity index (χ0v) is 14.3. The van der Waals surface area contributed by atoms with Gasteiger partial charge in [0.1, 0.15) is 5.82 Å². The van der Waals surface area contributed by atoms with Gasteiger partial charge in [0.15, 0.2) is 0 Å². The van der Waals surface area contributed by atoms with Crippen LogP contribution >= 0.6 is 0 Å². The summed E-state index contributed by atoms with van der Waals surface area (Å²) in [4.78, 5) is 4.32. The third-order valence-corrected chi connectivity index (χ3v) is 3.64. The molecule has 0 fully saturated rings. The molecule has 0 radical (unpaired) electrons. The fourth-order valence-corrected chi connectivity index (χ4v) is 2.43. The van der Waals surface area contributed by atoms with Crippen LogP contribution < -0.4 is 10.2 Å². The van der Waals surface area contributed by atoms with E-state index in [0.29, 0.717) is 5.92 Å². The number of nitrogens with one attached hydrogen (secondary N) is 1. The van der Waals surface area contributed by atoms with Gasteiger partial charge in [-0.1, -0.05) is 26.0 Å². The Hall–Kier alpha value is -1.13. The van der Waals surface area contributed by atoms with Gasteiger partial charge in [0.2, 0.25) is 0 Å². The number of para-hydroxylation sites is 1. The topological polar surface area (TPSA) is 18.5 Å². The second-order valence-electron chi connectivity index (χ2n) is 6.33. The van der Waals surface area contributed by atoms with Gasteiger partial charge in [-0.25, -0.2) is 4.39 Å². The van der Waals surface area contributed by atoms with Crippen LogP contribution in [0.5, 0.6) is 0 Å². The van der Waals surface area contributed by atoms with Crippen LogP contribution in [0.3, 0.4) is 0 Å². The first-order chi connectivity index (χ1) is 9.86. The maximum Gasteiger partial charge on any atom is 0.146 e. The van der Waals surface area contributed by atoms with Crippen LogP contribution in [-0.4, -0.2) is 45.7 Å². The van der Waals surface area contributed by atoms with E-state index in [0.717, 1.165) is 30.9 Å². The van der Waals surface area contributed by atoms with Crippen molar-refractivity contribution in [2.45, 2.75) is 26.8 Å². The lowest BCUT2D eigenvalue weighted by molar-refractivity contribution is 0.407. The molecule has 0 aliphatic carbocycles. The van der Waals surface area contributed by atoms with Crippen molar-refractivity contribution in [2.24, 2.45) is 5.92 Å². The first-order valence-electron chi connectivity index (χ1n) is 7.72. The molecular weight excluding hydrogens is 265 g/mol. The van der Waals surface area contributed by atoms with Crippen molar-refractivity contribution >= 4 is 5.69 Å². The molecule has 0 heterocycles. The summed E-state index contributed by atoms with van der Waals surface area (Å²) in [6, 6.07) is 5.50. The van der Waals surface area contributed by atoms with Gasteiger partial charge in [-0.3, -0.25) is 0 Å². The van der Waals surface area contributed by atoms with Crippen molar-refractivity contribution in [1.82, 2.24) is 10.2 Å². The molecule has 1 atom stereocenters. The minimum absolute atomic E-state index is 0.129. The van der Waals surface area contributed by atoms with Crippen molar-refractivity contribution in [3.63, 3.8) is 0 Å². The lowest BCUT2D eigenvalue weighted by atomic mass is 10.0. The molecule has 3 nitrogen and oxygen atoms in total. The zero-order chi connectivity index (χ0) is 16.0. The maximum atomic E-state index is 14.5. The van der Waals surface area contributed by atoms with Gasteiger partial charge >= 0.3 is 0 Å². The molecule has 0 spiro atoms. The first kappa shape index (κ1) is 17.9. The van der Waals surface area contributed by atoms with E-state index >= 15 is 0 Å². The van der Waals surface area contributed by atoms with Crippen LogP contribution in [0.2, 0.25) is 0 Å². The van der Waals surface area contributed by atoms with E-state index in [-0.39, 0.29) is 11.9 Å². The summed E-state index contributed by atoms with van der Waals surface area (Å²) in [5.74, 6) is 0.360. The Morgan fingerprint density at radius 1 is 1.14 bits per heavy atom. The average molecular weight is 295 g/mol. The Kier molecular flexibility index (Phi) is 7.12. The Balaban J connectivity index is 3.15. The number of rotatable bonds is 8. The molecule has 0 saturated carbocycles. The zero-order valence-electron chi connectivity index (χ0n) is 14.3. The lowest BCUT2D eigenvalue weighted by Gasteiger charge is -2.31. The fourth-order valence-electron chi connectivity index (χ4n) is 2.43. The summed E-state index contributed by atoms with van der Waals surface area (Å²) >= 11 is 0. The largest absolute Gasteiger partial charge is 0.367 e. The minimum Gasteiger partial charge on any atom is -0.367 e. The van der Waals surface area contributed by atoms with Gasteiger partial charge in [0.25, 0.3) is 0 Å². The van der Waals surface area contributed by atoms with Crippen LogP contribution in [0.15, 0.2) is 18.2 Å². The summed E-state index contributed by atoms with van der Waals surface area (Å²) < 4.78 is 14.5. The number of nitrogens with zero attached hydrogens (tertiary/aromatic N) is 2. The van der Waals surface area contributed by atoms with E-state index in [1.165, 1.54) is 0 Å². The van der Waals surface area contributed by atoms with Gasteiger partial charge in [0, 0.05) is 25.7 Å². The highest BCUT2D eigenvalue weighted by Crippen LogP contribution is 2.29. The Morgan fingerprint density at radius 2 is 1.81 bits per heavy atom. The van der Waals surface area contributed by atoms with Crippen LogP contribution in [0.1, 0.15) is 32.4 Å². The van der Waals surface area contributed by atoms with Gasteiger partial charge in [-0.2, -0.15) is 0 Å². The molecule has 1 N–H and O–H groups in total. The molecule has 0 bridgehead atoms. The number of likely N-dealkylation sites (N-methyl/N-ethyl adjacent to an activating group) is 1. The number of benzene rings is 1. The smallest absolute Gasteiger partial charge is 0.146 e. The molecule has 21 heavy (non-hydrogen) atoms. The molecule has 0 saturated heterocycles. The second kappa shape index (κ2) is 8.35. The van der Waals surface area contributed by atoms with Gasteiger partial charge < -0.3 is 15.1 Å². The van der Waals surface area contributed by atoms with Crippen molar-refractivity contribution < 1.29 is 4.39 Å². The summed E-state index contributed by atoms with van der Waals surface area (Å²) in [5.41, 5.74) is 1.77. The van der Waals surface area contributed by atoms with Crippen molar-refractivity contribution in [2.75, 3.05) is 45.7 Å². The number of halogens is 1. The standard InChI is InChI=1S/C17H30FN3/c1-13(2)12-21(11-10-20(5)6)17-15(14(3)19-4)8-7-9-16(17)18/h7-9,13-14,19H,10-12H2,1-6H3. The van der Waals surface area contributed by atoms with Crippen LogP contribution in [0, 0.1) is 11.7 Å². The SMILES string of the molecule is CNC(C)c1cccc(F)c1N(CCN(C)C)CC(C)C. The Labute approximate surface area is 129 Å². The quantitative estimate of drug-likeness (QED) is 0.795. The van der Waals surface area contributed by atoms with Gasteiger partial charge in [0.05, 0.1) is 5.69 Å². The van der Waals surface area contributed by atoms with E-state index in [9.17, 15) is 4.39 Å². The minimum atomic E-state index is -0.131. The van der Waals surface area contributed by atoms with E-state index in [1.54, 1.807) is 12.1 Å². The molecule has 1 aromatic carbocycles. The fraction of sp³-hybridized carbons (Fsp3) is 0.647. The summed E-state index contributed by atoms with van der Waals surface area (Å²) in [5, 5.41) is 3.22. The highest BCUT2D eigenvalue weighted by molar-refractivity contribution is 5.56. The van der Waals surface area contributed by atoms with Crippen LogP contribution in [0.25, 0.3) is 0 Å². The predicted octanol–water partition coefficient (Wildman–Crippen LogP) is 3.13. The van der Waals surface area contributed by atoms with Crippen molar-refractivity contribution in [3.8, 4) is 0 Å². The van der Waals surface area contributed by atoms with E-state index < -0.39 is 0 Å². The van der Waals surface area contributed by atoms with Gasteiger partial charge in [-0.05, 0) is 45.6 Å². The van der Waals surface area contributed by atoms with Crippen molar-refractivity contribution in [3.05, 3.63) is 29.6 Å². The molecule has 1 aromatic rings. The van der Waals surface area contributed by atoms with Gasteiger partial charge in [-0.15, -0.1) is 0 Å². The van der Waals surface area contributed by atoms with E-state index in [2.05, 4.69) is 35.9 Å². The number of hydrogen-bond donors (Lipinski definition) is 1. The Morgan fingerprint density at radius 3 is 2.33 bits per heavy atom. The lowest BCUT2D eigenvalue weighted by Crippen LogP contribution is -2.36. The highest BCUT2D eigenvalue weighted by atomic mass is 19.1. The summed E-state index contributed by atoms with van der Waals surface area (Å²) in [6.07, 6.45) is 0. The molecule has 0 aromatic heterocycles. The molecular formula is C17H30FN3. The molecule has 0 aliphatic heterocycles. The number of hydrogen-bond acceptors (Lipinski definition) is 3. The molecule has 0 aliphatic rings. The first-order valence-corrected chi connectivity index (χ1v) is 7.72. The normalized spacial score (nSPS) is 13.0. The summed E-state index contributed by atoms with van der Waals surface area (Å²) in [6.45, 7) is 9.01. The molecule has 4 heteroatoms. The number of anilines is 1. The maximum absolute atomic E-state index is 14.5.